The standard InChI is InChI=1S/C17H27NO2S/c1-4-18-16(11-13-7-9-21-10-8-13)15-6-5-14(19-2)12-17(15)20-3/h5-6,12-13,16,18H,4,7-11H2,1-3H3. The van der Waals surface area contributed by atoms with Crippen molar-refractivity contribution in [3.8, 4) is 11.5 Å². The molecule has 1 heterocycles. The van der Waals surface area contributed by atoms with Crippen LogP contribution in [0, 0.1) is 5.92 Å². The molecule has 1 unspecified atom stereocenters. The SMILES string of the molecule is CCNC(CC1CCSCC1)c1ccc(OC)cc1OC. The zero-order valence-corrected chi connectivity index (χ0v) is 14.2. The van der Waals surface area contributed by atoms with Crippen molar-refractivity contribution in [2.24, 2.45) is 5.92 Å². The van der Waals surface area contributed by atoms with Crippen molar-refractivity contribution in [2.45, 2.75) is 32.2 Å². The summed E-state index contributed by atoms with van der Waals surface area (Å²) in [6.45, 7) is 3.14. The second kappa shape index (κ2) is 8.54. The van der Waals surface area contributed by atoms with Gasteiger partial charge in [0.15, 0.2) is 0 Å². The first-order valence-corrected chi connectivity index (χ1v) is 8.97. The highest BCUT2D eigenvalue weighted by atomic mass is 32.2. The topological polar surface area (TPSA) is 30.5 Å². The molecule has 1 fully saturated rings. The molecule has 0 aliphatic carbocycles. The molecule has 1 aliphatic rings. The van der Waals surface area contributed by atoms with Crippen LogP contribution < -0.4 is 14.8 Å². The second-order valence-corrected chi connectivity index (χ2v) is 6.73. The maximum atomic E-state index is 5.58. The number of hydrogen-bond acceptors (Lipinski definition) is 4. The summed E-state index contributed by atoms with van der Waals surface area (Å²) < 4.78 is 10.9. The van der Waals surface area contributed by atoms with E-state index in [9.17, 15) is 0 Å². The Morgan fingerprint density at radius 2 is 2.00 bits per heavy atom. The molecule has 1 saturated heterocycles. The van der Waals surface area contributed by atoms with Gasteiger partial charge in [-0.3, -0.25) is 0 Å². The van der Waals surface area contributed by atoms with Crippen LogP contribution in [0.4, 0.5) is 0 Å². The van der Waals surface area contributed by atoms with E-state index < -0.39 is 0 Å². The molecule has 1 N–H and O–H groups in total. The fourth-order valence-corrected chi connectivity index (χ4v) is 4.19. The first-order chi connectivity index (χ1) is 10.3. The normalized spacial score (nSPS) is 17.5. The minimum absolute atomic E-state index is 0.365. The Morgan fingerprint density at radius 3 is 2.62 bits per heavy atom. The molecule has 118 valence electrons. The Labute approximate surface area is 132 Å². The highest BCUT2D eigenvalue weighted by Gasteiger charge is 2.22. The monoisotopic (exact) mass is 309 g/mol. The second-order valence-electron chi connectivity index (χ2n) is 5.51. The van der Waals surface area contributed by atoms with Gasteiger partial charge in [-0.2, -0.15) is 11.8 Å². The van der Waals surface area contributed by atoms with Crippen LogP contribution in [0.3, 0.4) is 0 Å². The summed E-state index contributed by atoms with van der Waals surface area (Å²) in [5.74, 6) is 5.21. The van der Waals surface area contributed by atoms with Gasteiger partial charge in [0, 0.05) is 17.7 Å². The Hall–Kier alpha value is -0.870. The lowest BCUT2D eigenvalue weighted by atomic mass is 9.90. The summed E-state index contributed by atoms with van der Waals surface area (Å²) in [4.78, 5) is 0. The molecule has 0 radical (unpaired) electrons. The maximum absolute atomic E-state index is 5.58. The van der Waals surface area contributed by atoms with Crippen molar-refractivity contribution in [1.29, 1.82) is 0 Å². The number of benzene rings is 1. The molecule has 0 amide bonds. The quantitative estimate of drug-likeness (QED) is 0.828. The molecule has 0 bridgehead atoms. The van der Waals surface area contributed by atoms with Crippen LogP contribution in [0.25, 0.3) is 0 Å². The van der Waals surface area contributed by atoms with Gasteiger partial charge < -0.3 is 14.8 Å². The lowest BCUT2D eigenvalue weighted by Gasteiger charge is -2.28. The molecule has 3 nitrogen and oxygen atoms in total. The molecule has 1 atom stereocenters. The van der Waals surface area contributed by atoms with Gasteiger partial charge in [0.05, 0.1) is 14.2 Å². The average molecular weight is 309 g/mol. The predicted molar refractivity (Wildman–Crippen MR) is 90.6 cm³/mol. The molecule has 0 aromatic heterocycles. The lowest BCUT2D eigenvalue weighted by Crippen LogP contribution is -2.25. The van der Waals surface area contributed by atoms with Crippen molar-refractivity contribution < 1.29 is 9.47 Å². The van der Waals surface area contributed by atoms with E-state index in [1.54, 1.807) is 14.2 Å². The number of rotatable bonds is 7. The third kappa shape index (κ3) is 4.55. The molecular formula is C17H27NO2S. The van der Waals surface area contributed by atoms with Gasteiger partial charge in [-0.15, -0.1) is 0 Å². The predicted octanol–water partition coefficient (Wildman–Crippen LogP) is 3.89. The van der Waals surface area contributed by atoms with Gasteiger partial charge in [0.25, 0.3) is 0 Å². The summed E-state index contributed by atoms with van der Waals surface area (Å²) in [6.07, 6.45) is 3.87. The van der Waals surface area contributed by atoms with Crippen LogP contribution >= 0.6 is 11.8 Å². The third-order valence-electron chi connectivity index (χ3n) is 4.18. The lowest BCUT2D eigenvalue weighted by molar-refractivity contribution is 0.352. The average Bonchev–Trinajstić information content (AvgIpc) is 2.55. The van der Waals surface area contributed by atoms with E-state index in [4.69, 9.17) is 9.47 Å². The number of methoxy groups -OCH3 is 2. The number of ether oxygens (including phenoxy) is 2. The Kier molecular flexibility index (Phi) is 6.71. The molecule has 1 aliphatic heterocycles. The van der Waals surface area contributed by atoms with Crippen LogP contribution in [-0.4, -0.2) is 32.3 Å². The van der Waals surface area contributed by atoms with Crippen LogP contribution in [0.15, 0.2) is 18.2 Å². The van der Waals surface area contributed by atoms with Crippen LogP contribution in [-0.2, 0) is 0 Å². The van der Waals surface area contributed by atoms with Gasteiger partial charge >= 0.3 is 0 Å². The van der Waals surface area contributed by atoms with E-state index in [0.29, 0.717) is 6.04 Å². The van der Waals surface area contributed by atoms with Crippen molar-refractivity contribution >= 4 is 11.8 Å². The number of thioether (sulfide) groups is 1. The third-order valence-corrected chi connectivity index (χ3v) is 5.23. The summed E-state index contributed by atoms with van der Waals surface area (Å²) in [5, 5.41) is 3.63. The summed E-state index contributed by atoms with van der Waals surface area (Å²) in [6, 6.07) is 6.52. The highest BCUT2D eigenvalue weighted by Crippen LogP contribution is 2.36. The molecule has 0 saturated carbocycles. The van der Waals surface area contributed by atoms with Crippen LogP contribution in [0.5, 0.6) is 11.5 Å². The van der Waals surface area contributed by atoms with Crippen molar-refractivity contribution in [3.63, 3.8) is 0 Å². The van der Waals surface area contributed by atoms with E-state index in [1.165, 1.54) is 36.3 Å². The van der Waals surface area contributed by atoms with Gasteiger partial charge in [0.1, 0.15) is 11.5 Å². The fraction of sp³-hybridized carbons (Fsp3) is 0.647. The van der Waals surface area contributed by atoms with Gasteiger partial charge in [-0.1, -0.05) is 13.0 Å². The minimum atomic E-state index is 0.365. The minimum Gasteiger partial charge on any atom is -0.497 e. The van der Waals surface area contributed by atoms with Crippen molar-refractivity contribution in [3.05, 3.63) is 23.8 Å². The van der Waals surface area contributed by atoms with Gasteiger partial charge in [-0.05, 0) is 49.3 Å². The number of hydrogen-bond donors (Lipinski definition) is 1. The summed E-state index contributed by atoms with van der Waals surface area (Å²) >= 11 is 2.09. The fourth-order valence-electron chi connectivity index (χ4n) is 2.99. The Balaban J connectivity index is 2.15. The van der Waals surface area contributed by atoms with Crippen LogP contribution in [0.2, 0.25) is 0 Å². The van der Waals surface area contributed by atoms with Gasteiger partial charge in [-0.25, -0.2) is 0 Å². The molecule has 21 heavy (non-hydrogen) atoms. The zero-order chi connectivity index (χ0) is 15.1. The molecule has 2 rings (SSSR count). The molecular weight excluding hydrogens is 282 g/mol. The first-order valence-electron chi connectivity index (χ1n) is 7.81. The number of nitrogens with one attached hydrogen (secondary N) is 1. The summed E-state index contributed by atoms with van der Waals surface area (Å²) in [5.41, 5.74) is 1.25. The Morgan fingerprint density at radius 1 is 1.24 bits per heavy atom. The van der Waals surface area contributed by atoms with Gasteiger partial charge in [0.2, 0.25) is 0 Å². The van der Waals surface area contributed by atoms with E-state index in [2.05, 4.69) is 30.1 Å². The molecule has 0 spiro atoms. The van der Waals surface area contributed by atoms with E-state index in [0.717, 1.165) is 24.0 Å². The largest absolute Gasteiger partial charge is 0.497 e. The zero-order valence-electron chi connectivity index (χ0n) is 13.4. The highest BCUT2D eigenvalue weighted by molar-refractivity contribution is 7.99. The van der Waals surface area contributed by atoms with Crippen molar-refractivity contribution in [2.75, 3.05) is 32.3 Å². The van der Waals surface area contributed by atoms with Crippen LogP contribution in [0.1, 0.15) is 37.8 Å². The summed E-state index contributed by atoms with van der Waals surface area (Å²) in [7, 11) is 3.43. The molecule has 4 heteroatoms. The van der Waals surface area contributed by atoms with Crippen molar-refractivity contribution in [1.82, 2.24) is 5.32 Å². The maximum Gasteiger partial charge on any atom is 0.127 e. The van der Waals surface area contributed by atoms with E-state index >= 15 is 0 Å². The smallest absolute Gasteiger partial charge is 0.127 e. The molecule has 1 aromatic carbocycles. The molecule has 1 aromatic rings. The Bertz CT molecular complexity index is 433. The van der Waals surface area contributed by atoms with E-state index in [-0.39, 0.29) is 0 Å². The van der Waals surface area contributed by atoms with E-state index in [1.807, 2.05) is 12.1 Å². The first kappa shape index (κ1) is 16.5.